The molecule has 1 N–H and O–H groups in total. The molecule has 27 heavy (non-hydrogen) atoms. The van der Waals surface area contributed by atoms with Crippen molar-refractivity contribution < 1.29 is 4.79 Å². The van der Waals surface area contributed by atoms with Gasteiger partial charge in [-0.05, 0) is 49.4 Å². The predicted octanol–water partition coefficient (Wildman–Crippen LogP) is 2.83. The number of imidazole rings is 1. The molecular weight excluding hydrogens is 340 g/mol. The zero-order chi connectivity index (χ0) is 18.8. The number of nitrogens with one attached hydrogen (secondary N) is 1. The van der Waals surface area contributed by atoms with Crippen LogP contribution in [0.1, 0.15) is 36.6 Å². The molecule has 1 amide bonds. The smallest absolute Gasteiger partial charge is 0.248 e. The molecule has 1 aromatic carbocycles. The number of para-hydroxylation sites is 2. The highest BCUT2D eigenvalue weighted by Gasteiger charge is 2.24. The summed E-state index contributed by atoms with van der Waals surface area (Å²) in [6.07, 6.45) is 3.99. The second-order valence-corrected chi connectivity index (χ2v) is 7.19. The number of rotatable bonds is 4. The number of fused-ring (bicyclic) bond motifs is 1. The molecule has 0 radical (unpaired) electrons. The Kier molecular flexibility index (Phi) is 4.79. The summed E-state index contributed by atoms with van der Waals surface area (Å²) in [6, 6.07) is 11.7. The Balaban J connectivity index is 1.36. The standard InChI is InChI=1S/C21H24N4O2/c1-15-23-18-4-2-3-5-19(18)25(15)13-9-21(27)24-11-7-16(8-12-24)17-6-10-22-20(26)14-17/h2-6,10,14,16H,7-9,11-13H2,1H3,(H,22,26). The molecule has 1 saturated heterocycles. The second kappa shape index (κ2) is 7.39. The maximum atomic E-state index is 12.7. The fourth-order valence-electron chi connectivity index (χ4n) is 4.02. The molecule has 0 bridgehead atoms. The van der Waals surface area contributed by atoms with Crippen molar-refractivity contribution in [3.63, 3.8) is 0 Å². The van der Waals surface area contributed by atoms with Crippen molar-refractivity contribution >= 4 is 16.9 Å². The van der Waals surface area contributed by atoms with Crippen molar-refractivity contribution in [1.82, 2.24) is 19.4 Å². The molecule has 0 spiro atoms. The van der Waals surface area contributed by atoms with Gasteiger partial charge in [-0.2, -0.15) is 0 Å². The molecule has 140 valence electrons. The van der Waals surface area contributed by atoms with Gasteiger partial charge in [-0.25, -0.2) is 4.98 Å². The van der Waals surface area contributed by atoms with Gasteiger partial charge >= 0.3 is 0 Å². The van der Waals surface area contributed by atoms with E-state index in [0.717, 1.165) is 48.4 Å². The highest BCUT2D eigenvalue weighted by molar-refractivity contribution is 5.78. The number of H-pyrrole nitrogens is 1. The summed E-state index contributed by atoms with van der Waals surface area (Å²) in [5.41, 5.74) is 3.07. The van der Waals surface area contributed by atoms with E-state index in [1.165, 1.54) is 0 Å². The first-order valence-corrected chi connectivity index (χ1v) is 9.50. The number of carbonyl (C=O) groups is 1. The Hall–Kier alpha value is -2.89. The average Bonchev–Trinajstić information content (AvgIpc) is 3.01. The van der Waals surface area contributed by atoms with Gasteiger partial charge in [0, 0.05) is 38.3 Å². The summed E-state index contributed by atoms with van der Waals surface area (Å²) in [7, 11) is 0. The Labute approximate surface area is 157 Å². The fourth-order valence-corrected chi connectivity index (χ4v) is 4.02. The molecule has 0 unspecified atom stereocenters. The summed E-state index contributed by atoms with van der Waals surface area (Å²) in [4.78, 5) is 33.3. The van der Waals surface area contributed by atoms with Crippen molar-refractivity contribution in [3.05, 3.63) is 64.3 Å². The quantitative estimate of drug-likeness (QED) is 0.774. The van der Waals surface area contributed by atoms with E-state index in [1.807, 2.05) is 42.2 Å². The number of aryl methyl sites for hydroxylation is 2. The van der Waals surface area contributed by atoms with Crippen molar-refractivity contribution in [2.75, 3.05) is 13.1 Å². The van der Waals surface area contributed by atoms with Crippen LogP contribution in [0.4, 0.5) is 0 Å². The topological polar surface area (TPSA) is 71.0 Å². The molecule has 0 saturated carbocycles. The average molecular weight is 364 g/mol. The van der Waals surface area contributed by atoms with Crippen molar-refractivity contribution in [1.29, 1.82) is 0 Å². The Bertz CT molecular complexity index is 1010. The highest BCUT2D eigenvalue weighted by Crippen LogP contribution is 2.27. The first kappa shape index (κ1) is 17.5. The molecule has 3 heterocycles. The lowest BCUT2D eigenvalue weighted by molar-refractivity contribution is -0.132. The van der Waals surface area contributed by atoms with Gasteiger partial charge in [-0.3, -0.25) is 9.59 Å². The van der Waals surface area contributed by atoms with Crippen molar-refractivity contribution in [2.24, 2.45) is 0 Å². The number of aromatic nitrogens is 3. The number of carbonyl (C=O) groups excluding carboxylic acids is 1. The molecule has 1 aliphatic rings. The Morgan fingerprint density at radius 3 is 2.78 bits per heavy atom. The van der Waals surface area contributed by atoms with Gasteiger partial charge in [0.1, 0.15) is 5.82 Å². The van der Waals surface area contributed by atoms with E-state index in [9.17, 15) is 9.59 Å². The first-order valence-electron chi connectivity index (χ1n) is 9.50. The van der Waals surface area contributed by atoms with E-state index in [4.69, 9.17) is 0 Å². The number of aromatic amines is 1. The minimum atomic E-state index is -0.0612. The summed E-state index contributed by atoms with van der Waals surface area (Å²) in [5, 5.41) is 0. The third kappa shape index (κ3) is 3.65. The Morgan fingerprint density at radius 2 is 2.00 bits per heavy atom. The molecule has 2 aromatic heterocycles. The van der Waals surface area contributed by atoms with Crippen LogP contribution < -0.4 is 5.56 Å². The molecule has 4 rings (SSSR count). The molecule has 0 atom stereocenters. The van der Waals surface area contributed by atoms with Crippen LogP contribution in [0, 0.1) is 6.92 Å². The van der Waals surface area contributed by atoms with E-state index in [1.54, 1.807) is 12.3 Å². The number of hydrogen-bond acceptors (Lipinski definition) is 3. The van der Waals surface area contributed by atoms with Crippen LogP contribution in [0.2, 0.25) is 0 Å². The highest BCUT2D eigenvalue weighted by atomic mass is 16.2. The van der Waals surface area contributed by atoms with E-state index < -0.39 is 0 Å². The van der Waals surface area contributed by atoms with Gasteiger partial charge in [0.05, 0.1) is 11.0 Å². The minimum Gasteiger partial charge on any atom is -0.343 e. The molecule has 1 fully saturated rings. The lowest BCUT2D eigenvalue weighted by Crippen LogP contribution is -2.38. The number of pyridine rings is 1. The van der Waals surface area contributed by atoms with Gasteiger partial charge in [0.25, 0.3) is 0 Å². The van der Waals surface area contributed by atoms with Gasteiger partial charge in [0.2, 0.25) is 11.5 Å². The fraction of sp³-hybridized carbons (Fsp3) is 0.381. The SMILES string of the molecule is Cc1nc2ccccc2n1CCC(=O)N1CCC(c2cc[nH]c(=O)c2)CC1. The zero-order valence-electron chi connectivity index (χ0n) is 15.5. The summed E-state index contributed by atoms with van der Waals surface area (Å²) in [5.74, 6) is 1.49. The van der Waals surface area contributed by atoms with Crippen LogP contribution in [-0.2, 0) is 11.3 Å². The molecular formula is C21H24N4O2. The van der Waals surface area contributed by atoms with Crippen LogP contribution in [0.25, 0.3) is 11.0 Å². The van der Waals surface area contributed by atoms with Crippen LogP contribution in [0.15, 0.2) is 47.4 Å². The van der Waals surface area contributed by atoms with Gasteiger partial charge < -0.3 is 14.5 Å². The monoisotopic (exact) mass is 364 g/mol. The molecule has 1 aliphatic heterocycles. The van der Waals surface area contributed by atoms with Crippen LogP contribution in [0.3, 0.4) is 0 Å². The second-order valence-electron chi connectivity index (χ2n) is 7.19. The van der Waals surface area contributed by atoms with Gasteiger partial charge in [0.15, 0.2) is 0 Å². The number of nitrogens with zero attached hydrogens (tertiary/aromatic N) is 3. The number of likely N-dealkylation sites (tertiary alicyclic amines) is 1. The Morgan fingerprint density at radius 1 is 1.22 bits per heavy atom. The molecule has 3 aromatic rings. The summed E-state index contributed by atoms with van der Waals surface area (Å²) in [6.45, 7) is 4.14. The maximum absolute atomic E-state index is 12.7. The third-order valence-corrected chi connectivity index (χ3v) is 5.51. The van der Waals surface area contributed by atoms with E-state index in [2.05, 4.69) is 14.5 Å². The predicted molar refractivity (Wildman–Crippen MR) is 105 cm³/mol. The number of piperidine rings is 1. The number of amides is 1. The zero-order valence-corrected chi connectivity index (χ0v) is 15.5. The maximum Gasteiger partial charge on any atom is 0.248 e. The van der Waals surface area contributed by atoms with Gasteiger partial charge in [-0.15, -0.1) is 0 Å². The molecule has 6 nitrogen and oxygen atoms in total. The third-order valence-electron chi connectivity index (χ3n) is 5.51. The first-order chi connectivity index (χ1) is 13.1. The van der Waals surface area contributed by atoms with Crippen LogP contribution >= 0.6 is 0 Å². The molecule has 0 aliphatic carbocycles. The van der Waals surface area contributed by atoms with Gasteiger partial charge in [-0.1, -0.05) is 12.1 Å². The summed E-state index contributed by atoms with van der Waals surface area (Å²) >= 11 is 0. The van der Waals surface area contributed by atoms with Crippen molar-refractivity contribution in [2.45, 2.75) is 38.6 Å². The minimum absolute atomic E-state index is 0.0612. The van der Waals surface area contributed by atoms with Crippen LogP contribution in [0.5, 0.6) is 0 Å². The summed E-state index contributed by atoms with van der Waals surface area (Å²) < 4.78 is 2.12. The lowest BCUT2D eigenvalue weighted by atomic mass is 9.90. The largest absolute Gasteiger partial charge is 0.343 e. The normalized spacial score (nSPS) is 15.4. The number of hydrogen-bond donors (Lipinski definition) is 1. The van der Waals surface area contributed by atoms with E-state index in [0.29, 0.717) is 18.9 Å². The van der Waals surface area contributed by atoms with E-state index in [-0.39, 0.29) is 11.5 Å². The molecule has 6 heteroatoms. The van der Waals surface area contributed by atoms with Crippen LogP contribution in [-0.4, -0.2) is 38.4 Å². The van der Waals surface area contributed by atoms with E-state index >= 15 is 0 Å². The lowest BCUT2D eigenvalue weighted by Gasteiger charge is -2.32. The number of benzene rings is 1. The van der Waals surface area contributed by atoms with Crippen molar-refractivity contribution in [3.8, 4) is 0 Å².